The first kappa shape index (κ1) is 14.0. The van der Waals surface area contributed by atoms with Crippen LogP contribution in [0.15, 0.2) is 12.1 Å². The summed E-state index contributed by atoms with van der Waals surface area (Å²) in [7, 11) is 0. The van der Waals surface area contributed by atoms with Crippen LogP contribution in [0.4, 0.5) is 0 Å². The van der Waals surface area contributed by atoms with Gasteiger partial charge in [0.25, 0.3) is 0 Å². The molecule has 3 heteroatoms. The Morgan fingerprint density at radius 3 is 2.53 bits per heavy atom. The van der Waals surface area contributed by atoms with E-state index in [9.17, 15) is 4.79 Å². The number of carbonyl (C=O) groups excluding carboxylic acids is 1. The average molecular weight is 255 g/mol. The molecule has 0 unspecified atom stereocenters. The van der Waals surface area contributed by atoms with Crippen LogP contribution >= 0.6 is 11.6 Å². The van der Waals surface area contributed by atoms with E-state index in [1.54, 1.807) is 0 Å². The maximum absolute atomic E-state index is 12.0. The van der Waals surface area contributed by atoms with Crippen molar-refractivity contribution in [1.29, 1.82) is 0 Å². The monoisotopic (exact) mass is 254 g/mol. The van der Waals surface area contributed by atoms with Gasteiger partial charge in [-0.2, -0.15) is 0 Å². The van der Waals surface area contributed by atoms with E-state index < -0.39 is 0 Å². The lowest BCUT2D eigenvalue weighted by molar-refractivity contribution is 0.0984. The lowest BCUT2D eigenvalue weighted by Crippen LogP contribution is -2.09. The molecule has 0 bridgehead atoms. The van der Waals surface area contributed by atoms with Crippen LogP contribution in [0.1, 0.15) is 41.3 Å². The van der Waals surface area contributed by atoms with Gasteiger partial charge >= 0.3 is 0 Å². The smallest absolute Gasteiger partial charge is 0.168 e. The molecule has 0 spiro atoms. The van der Waals surface area contributed by atoms with E-state index in [0.717, 1.165) is 23.3 Å². The number of ether oxygens (including phenoxy) is 1. The number of aryl methyl sites for hydroxylation is 2. The van der Waals surface area contributed by atoms with Crippen LogP contribution in [0.3, 0.4) is 0 Å². The zero-order valence-electron chi connectivity index (χ0n) is 10.7. The predicted molar refractivity (Wildman–Crippen MR) is 71.4 cm³/mol. The molecule has 0 atom stereocenters. The van der Waals surface area contributed by atoms with Gasteiger partial charge < -0.3 is 4.74 Å². The topological polar surface area (TPSA) is 26.3 Å². The fourth-order valence-electron chi connectivity index (χ4n) is 1.73. The maximum Gasteiger partial charge on any atom is 0.168 e. The van der Waals surface area contributed by atoms with Gasteiger partial charge in [-0.1, -0.05) is 19.1 Å². The van der Waals surface area contributed by atoms with Gasteiger partial charge in [-0.05, 0) is 31.4 Å². The molecular weight excluding hydrogens is 236 g/mol. The first-order valence-electron chi connectivity index (χ1n) is 5.94. The minimum atomic E-state index is 0.0623. The number of ketones is 1. The third kappa shape index (κ3) is 3.47. The summed E-state index contributed by atoms with van der Waals surface area (Å²) in [5.74, 6) is 1.13. The van der Waals surface area contributed by atoms with Gasteiger partial charge in [0.1, 0.15) is 5.75 Å². The highest BCUT2D eigenvalue weighted by Gasteiger charge is 2.17. The fourth-order valence-corrected chi connectivity index (χ4v) is 1.90. The first-order valence-corrected chi connectivity index (χ1v) is 6.47. The molecule has 0 aliphatic heterocycles. The third-order valence-electron chi connectivity index (χ3n) is 2.61. The highest BCUT2D eigenvalue weighted by atomic mass is 35.5. The molecule has 0 saturated carbocycles. The van der Waals surface area contributed by atoms with Crippen molar-refractivity contribution in [1.82, 2.24) is 0 Å². The summed E-state index contributed by atoms with van der Waals surface area (Å²) in [5, 5.41) is 0. The van der Waals surface area contributed by atoms with E-state index >= 15 is 0 Å². The number of carbonyl (C=O) groups is 1. The molecule has 0 heterocycles. The van der Waals surface area contributed by atoms with Crippen molar-refractivity contribution in [3.8, 4) is 5.75 Å². The zero-order chi connectivity index (χ0) is 12.8. The highest BCUT2D eigenvalue weighted by Crippen LogP contribution is 2.28. The largest absolute Gasteiger partial charge is 0.493 e. The van der Waals surface area contributed by atoms with Crippen LogP contribution in [-0.4, -0.2) is 18.3 Å². The van der Waals surface area contributed by atoms with Crippen LogP contribution in [0.25, 0.3) is 0 Å². The summed E-state index contributed by atoms with van der Waals surface area (Å²) in [6.45, 7) is 6.57. The Labute approximate surface area is 108 Å². The van der Waals surface area contributed by atoms with E-state index in [1.165, 1.54) is 0 Å². The molecule has 1 aromatic rings. The van der Waals surface area contributed by atoms with Crippen LogP contribution in [0.2, 0.25) is 0 Å². The molecule has 0 aromatic heterocycles. The van der Waals surface area contributed by atoms with Crippen LogP contribution < -0.4 is 4.74 Å². The van der Waals surface area contributed by atoms with Crippen molar-refractivity contribution < 1.29 is 9.53 Å². The summed E-state index contributed by atoms with van der Waals surface area (Å²) < 4.78 is 5.70. The Hall–Kier alpha value is -1.02. The van der Waals surface area contributed by atoms with E-state index in [4.69, 9.17) is 16.3 Å². The quantitative estimate of drug-likeness (QED) is 0.568. The molecule has 2 nitrogen and oxygen atoms in total. The second kappa shape index (κ2) is 6.65. The van der Waals surface area contributed by atoms with Gasteiger partial charge in [0.15, 0.2) is 5.78 Å². The average Bonchev–Trinajstić information content (AvgIpc) is 2.30. The molecule has 0 N–H and O–H groups in total. The molecular formula is C14H19ClO2. The molecule has 17 heavy (non-hydrogen) atoms. The van der Waals surface area contributed by atoms with Crippen molar-refractivity contribution in [2.75, 3.05) is 12.5 Å². The van der Waals surface area contributed by atoms with Gasteiger partial charge in [-0.15, -0.1) is 11.6 Å². The number of alkyl halides is 1. The molecule has 0 fully saturated rings. The number of rotatable bonds is 6. The van der Waals surface area contributed by atoms with Crippen molar-refractivity contribution in [3.05, 3.63) is 28.8 Å². The fraction of sp³-hybridized carbons (Fsp3) is 0.500. The van der Waals surface area contributed by atoms with E-state index in [-0.39, 0.29) is 5.78 Å². The highest BCUT2D eigenvalue weighted by molar-refractivity contribution is 6.19. The summed E-state index contributed by atoms with van der Waals surface area (Å²) in [6, 6.07) is 3.94. The van der Waals surface area contributed by atoms with Crippen LogP contribution in [0.5, 0.6) is 5.75 Å². The van der Waals surface area contributed by atoms with Crippen LogP contribution in [0, 0.1) is 13.8 Å². The number of hydrogen-bond donors (Lipinski definition) is 0. The van der Waals surface area contributed by atoms with Crippen molar-refractivity contribution in [3.63, 3.8) is 0 Å². The standard InChI is InChI=1S/C14H19ClO2/c1-4-9-17-14-11(3)6-5-10(2)13(14)12(16)7-8-15/h5-6H,4,7-9H2,1-3H3. The van der Waals surface area contributed by atoms with E-state index in [0.29, 0.717) is 24.5 Å². The Balaban J connectivity index is 3.14. The molecule has 0 saturated heterocycles. The molecule has 1 rings (SSSR count). The normalized spacial score (nSPS) is 10.4. The second-order valence-electron chi connectivity index (χ2n) is 4.11. The van der Waals surface area contributed by atoms with Crippen LogP contribution in [-0.2, 0) is 0 Å². The Bertz CT molecular complexity index is 399. The SMILES string of the molecule is CCCOc1c(C)ccc(C)c1C(=O)CCCl. The molecule has 94 valence electrons. The molecule has 0 amide bonds. The zero-order valence-corrected chi connectivity index (χ0v) is 11.4. The van der Waals surface area contributed by atoms with Gasteiger partial charge in [0, 0.05) is 12.3 Å². The second-order valence-corrected chi connectivity index (χ2v) is 4.49. The van der Waals surface area contributed by atoms with E-state index in [1.807, 2.05) is 32.9 Å². The Morgan fingerprint density at radius 1 is 1.29 bits per heavy atom. The van der Waals surface area contributed by atoms with Crippen molar-refractivity contribution >= 4 is 17.4 Å². The number of halogens is 1. The number of Topliss-reactive ketones (excluding diaryl/α,β-unsaturated/α-hetero) is 1. The minimum absolute atomic E-state index is 0.0623. The third-order valence-corrected chi connectivity index (χ3v) is 2.80. The van der Waals surface area contributed by atoms with Crippen molar-refractivity contribution in [2.24, 2.45) is 0 Å². The van der Waals surface area contributed by atoms with E-state index in [2.05, 4.69) is 0 Å². The Morgan fingerprint density at radius 2 is 1.94 bits per heavy atom. The maximum atomic E-state index is 12.0. The predicted octanol–water partition coefficient (Wildman–Crippen LogP) is 3.90. The molecule has 0 aliphatic rings. The number of hydrogen-bond acceptors (Lipinski definition) is 2. The number of benzene rings is 1. The lowest BCUT2D eigenvalue weighted by Gasteiger charge is -2.15. The van der Waals surface area contributed by atoms with Gasteiger partial charge in [-0.3, -0.25) is 4.79 Å². The van der Waals surface area contributed by atoms with Gasteiger partial charge in [0.2, 0.25) is 0 Å². The summed E-state index contributed by atoms with van der Waals surface area (Å²) in [6.07, 6.45) is 1.28. The summed E-state index contributed by atoms with van der Waals surface area (Å²) in [5.41, 5.74) is 2.65. The minimum Gasteiger partial charge on any atom is -0.493 e. The Kier molecular flexibility index (Phi) is 5.49. The molecule has 1 aromatic carbocycles. The van der Waals surface area contributed by atoms with Gasteiger partial charge in [-0.25, -0.2) is 0 Å². The lowest BCUT2D eigenvalue weighted by atomic mass is 9.99. The summed E-state index contributed by atoms with van der Waals surface area (Å²) >= 11 is 5.63. The summed E-state index contributed by atoms with van der Waals surface area (Å²) in [4.78, 5) is 12.0. The molecule has 0 radical (unpaired) electrons. The van der Waals surface area contributed by atoms with Crippen molar-refractivity contribution in [2.45, 2.75) is 33.6 Å². The molecule has 0 aliphatic carbocycles. The first-order chi connectivity index (χ1) is 8.11. The van der Waals surface area contributed by atoms with Gasteiger partial charge in [0.05, 0.1) is 12.2 Å².